The van der Waals surface area contributed by atoms with Gasteiger partial charge in [-0.3, -0.25) is 4.79 Å². The summed E-state index contributed by atoms with van der Waals surface area (Å²) in [6, 6.07) is 3.09. The number of carboxylic acids is 1. The number of nitrogens with one attached hydrogen (secondary N) is 1. The van der Waals surface area contributed by atoms with Crippen molar-refractivity contribution in [2.45, 2.75) is 0 Å². The summed E-state index contributed by atoms with van der Waals surface area (Å²) in [4.78, 5) is 22.4. The van der Waals surface area contributed by atoms with E-state index in [2.05, 4.69) is 5.32 Å². The van der Waals surface area contributed by atoms with Gasteiger partial charge in [0.15, 0.2) is 0 Å². The molecule has 19 heavy (non-hydrogen) atoms. The van der Waals surface area contributed by atoms with Crippen LogP contribution in [0.2, 0.25) is 0 Å². The van der Waals surface area contributed by atoms with Gasteiger partial charge in [0, 0.05) is 7.11 Å². The molecule has 0 aliphatic carbocycles. The number of rotatable bonds is 7. The highest BCUT2D eigenvalue weighted by molar-refractivity contribution is 6.00. The predicted molar refractivity (Wildman–Crippen MR) is 64.7 cm³/mol. The Morgan fingerprint density at radius 3 is 2.74 bits per heavy atom. The van der Waals surface area contributed by atoms with Gasteiger partial charge in [0.25, 0.3) is 0 Å². The van der Waals surface area contributed by atoms with Crippen LogP contribution in [-0.2, 0) is 14.3 Å². The molecule has 1 aromatic rings. The number of halogens is 1. The topological polar surface area (TPSA) is 84.9 Å². The Morgan fingerprint density at radius 1 is 1.37 bits per heavy atom. The minimum atomic E-state index is -1.32. The first-order valence-corrected chi connectivity index (χ1v) is 5.44. The van der Waals surface area contributed by atoms with Gasteiger partial charge in [0.2, 0.25) is 5.91 Å². The number of hydrogen-bond donors (Lipinski definition) is 2. The first kappa shape index (κ1) is 15.1. The number of methoxy groups -OCH3 is 1. The molecule has 0 heterocycles. The molecule has 0 saturated carbocycles. The number of carbonyl (C=O) groups excluding carboxylic acids is 1. The van der Waals surface area contributed by atoms with Crippen molar-refractivity contribution in [3.8, 4) is 0 Å². The third-order valence-corrected chi connectivity index (χ3v) is 2.15. The summed E-state index contributed by atoms with van der Waals surface area (Å²) >= 11 is 0. The van der Waals surface area contributed by atoms with Crippen molar-refractivity contribution in [3.63, 3.8) is 0 Å². The second kappa shape index (κ2) is 7.45. The van der Waals surface area contributed by atoms with E-state index < -0.39 is 17.7 Å². The molecular formula is C12H14FNO5. The van der Waals surface area contributed by atoms with E-state index in [4.69, 9.17) is 14.6 Å². The van der Waals surface area contributed by atoms with Crippen molar-refractivity contribution in [3.05, 3.63) is 29.6 Å². The lowest BCUT2D eigenvalue weighted by atomic mass is 10.1. The van der Waals surface area contributed by atoms with E-state index in [0.717, 1.165) is 12.1 Å². The van der Waals surface area contributed by atoms with E-state index in [9.17, 15) is 14.0 Å². The van der Waals surface area contributed by atoms with Crippen LogP contribution >= 0.6 is 0 Å². The molecule has 0 saturated heterocycles. The SMILES string of the molecule is COCCOCC(=O)Nc1ccc(F)cc1C(=O)O. The van der Waals surface area contributed by atoms with Crippen molar-refractivity contribution < 1.29 is 28.6 Å². The van der Waals surface area contributed by atoms with Crippen molar-refractivity contribution in [2.24, 2.45) is 0 Å². The van der Waals surface area contributed by atoms with Crippen LogP contribution in [0.15, 0.2) is 18.2 Å². The molecule has 0 atom stereocenters. The normalized spacial score (nSPS) is 10.2. The Hall–Kier alpha value is -1.99. The average Bonchev–Trinajstić information content (AvgIpc) is 2.36. The Kier molecular flexibility index (Phi) is 5.91. The van der Waals surface area contributed by atoms with Gasteiger partial charge in [-0.15, -0.1) is 0 Å². The zero-order valence-corrected chi connectivity index (χ0v) is 10.3. The molecule has 0 aliphatic heterocycles. The molecular weight excluding hydrogens is 257 g/mol. The minimum absolute atomic E-state index is 0.0224. The number of hydrogen-bond acceptors (Lipinski definition) is 4. The zero-order valence-electron chi connectivity index (χ0n) is 10.3. The molecule has 1 amide bonds. The summed E-state index contributed by atoms with van der Waals surface area (Å²) in [5.74, 6) is -2.54. The van der Waals surface area contributed by atoms with E-state index in [1.807, 2.05) is 0 Å². The van der Waals surface area contributed by atoms with Gasteiger partial charge < -0.3 is 19.9 Å². The second-order valence-corrected chi connectivity index (χ2v) is 3.59. The van der Waals surface area contributed by atoms with Crippen LogP contribution in [0.4, 0.5) is 10.1 Å². The molecule has 7 heteroatoms. The summed E-state index contributed by atoms with van der Waals surface area (Å²) < 4.78 is 22.6. The molecule has 1 rings (SSSR count). The van der Waals surface area contributed by atoms with Crippen LogP contribution in [0.1, 0.15) is 10.4 Å². The molecule has 0 aliphatic rings. The van der Waals surface area contributed by atoms with Crippen molar-refractivity contribution in [2.75, 3.05) is 32.2 Å². The largest absolute Gasteiger partial charge is 0.478 e. The predicted octanol–water partition coefficient (Wildman–Crippen LogP) is 1.13. The maximum absolute atomic E-state index is 12.9. The number of anilines is 1. The molecule has 6 nitrogen and oxygen atoms in total. The molecule has 0 aromatic heterocycles. The average molecular weight is 271 g/mol. The molecule has 0 unspecified atom stereocenters. The first-order valence-electron chi connectivity index (χ1n) is 5.44. The molecule has 0 bridgehead atoms. The summed E-state index contributed by atoms with van der Waals surface area (Å²) in [5.41, 5.74) is -0.292. The maximum atomic E-state index is 12.9. The Balaban J connectivity index is 2.61. The molecule has 0 fully saturated rings. The monoisotopic (exact) mass is 271 g/mol. The maximum Gasteiger partial charge on any atom is 0.337 e. The van der Waals surface area contributed by atoms with Gasteiger partial charge in [-0.25, -0.2) is 9.18 Å². The fourth-order valence-electron chi connectivity index (χ4n) is 1.30. The fourth-order valence-corrected chi connectivity index (χ4v) is 1.30. The quantitative estimate of drug-likeness (QED) is 0.726. The third kappa shape index (κ3) is 5.02. The van der Waals surface area contributed by atoms with Crippen molar-refractivity contribution in [1.82, 2.24) is 0 Å². The highest BCUT2D eigenvalue weighted by atomic mass is 19.1. The standard InChI is InChI=1S/C12H14FNO5/c1-18-4-5-19-7-11(15)14-10-3-2-8(13)6-9(10)12(16)17/h2-3,6H,4-5,7H2,1H3,(H,14,15)(H,16,17). The van der Waals surface area contributed by atoms with E-state index in [-0.39, 0.29) is 24.5 Å². The summed E-state index contributed by atoms with van der Waals surface area (Å²) in [6.07, 6.45) is 0. The van der Waals surface area contributed by atoms with Crippen LogP contribution in [0, 0.1) is 5.82 Å². The van der Waals surface area contributed by atoms with Crippen LogP contribution in [0.3, 0.4) is 0 Å². The van der Waals surface area contributed by atoms with E-state index in [1.54, 1.807) is 0 Å². The lowest BCUT2D eigenvalue weighted by Crippen LogP contribution is -2.21. The van der Waals surface area contributed by atoms with Gasteiger partial charge >= 0.3 is 5.97 Å². The van der Waals surface area contributed by atoms with Crippen LogP contribution in [-0.4, -0.2) is 43.9 Å². The van der Waals surface area contributed by atoms with Gasteiger partial charge in [0.1, 0.15) is 12.4 Å². The van der Waals surface area contributed by atoms with Gasteiger partial charge in [0.05, 0.1) is 24.5 Å². The Labute approximate surface area is 109 Å². The highest BCUT2D eigenvalue weighted by Gasteiger charge is 2.13. The summed E-state index contributed by atoms with van der Waals surface area (Å²) in [7, 11) is 1.50. The van der Waals surface area contributed by atoms with E-state index >= 15 is 0 Å². The van der Waals surface area contributed by atoms with Crippen molar-refractivity contribution >= 4 is 17.6 Å². The van der Waals surface area contributed by atoms with E-state index in [0.29, 0.717) is 6.61 Å². The van der Waals surface area contributed by atoms with Crippen LogP contribution in [0.5, 0.6) is 0 Å². The Morgan fingerprint density at radius 2 is 2.11 bits per heavy atom. The molecule has 104 valence electrons. The fraction of sp³-hybridized carbons (Fsp3) is 0.333. The second-order valence-electron chi connectivity index (χ2n) is 3.59. The molecule has 0 radical (unpaired) electrons. The van der Waals surface area contributed by atoms with Gasteiger partial charge in [-0.05, 0) is 18.2 Å². The molecule has 2 N–H and O–H groups in total. The number of ether oxygens (including phenoxy) is 2. The summed E-state index contributed by atoms with van der Waals surface area (Å²) in [5, 5.41) is 11.2. The highest BCUT2D eigenvalue weighted by Crippen LogP contribution is 2.16. The smallest absolute Gasteiger partial charge is 0.337 e. The minimum Gasteiger partial charge on any atom is -0.478 e. The number of benzene rings is 1. The number of amides is 1. The van der Waals surface area contributed by atoms with Crippen molar-refractivity contribution in [1.29, 1.82) is 0 Å². The van der Waals surface area contributed by atoms with Gasteiger partial charge in [-0.1, -0.05) is 0 Å². The van der Waals surface area contributed by atoms with Gasteiger partial charge in [-0.2, -0.15) is 0 Å². The Bertz CT molecular complexity index is 463. The third-order valence-electron chi connectivity index (χ3n) is 2.15. The first-order chi connectivity index (χ1) is 9.04. The van der Waals surface area contributed by atoms with E-state index in [1.165, 1.54) is 13.2 Å². The lowest BCUT2D eigenvalue weighted by molar-refractivity contribution is -0.121. The van der Waals surface area contributed by atoms with Crippen LogP contribution < -0.4 is 5.32 Å². The number of aromatic carboxylic acids is 1. The summed E-state index contributed by atoms with van der Waals surface area (Å²) in [6.45, 7) is 0.364. The lowest BCUT2D eigenvalue weighted by Gasteiger charge is -2.09. The molecule has 0 spiro atoms. The number of carbonyl (C=O) groups is 2. The number of carboxylic acid groups (broad SMARTS) is 1. The zero-order chi connectivity index (χ0) is 14.3. The molecule has 1 aromatic carbocycles. The van der Waals surface area contributed by atoms with Crippen LogP contribution in [0.25, 0.3) is 0 Å².